The molecule has 2 unspecified atom stereocenters. The number of sulfonamides is 1. The maximum atomic E-state index is 12.3. The van der Waals surface area contributed by atoms with E-state index in [1.807, 2.05) is 13.8 Å². The first-order valence-corrected chi connectivity index (χ1v) is 9.58. The predicted molar refractivity (Wildman–Crippen MR) is 66.6 cm³/mol. The summed E-state index contributed by atoms with van der Waals surface area (Å²) in [5.74, 6) is 0. The molecule has 0 saturated heterocycles. The highest BCUT2D eigenvalue weighted by atomic mass is 32.7. The number of hydrogen-bond acceptors (Lipinski definition) is 4. The molecule has 0 heterocycles. The minimum absolute atomic E-state index is 0.146. The zero-order valence-corrected chi connectivity index (χ0v) is 12.2. The van der Waals surface area contributed by atoms with Gasteiger partial charge in [-0.3, -0.25) is 4.57 Å². The minimum atomic E-state index is -3.44. The van der Waals surface area contributed by atoms with E-state index < -0.39 is 16.7 Å². The van der Waals surface area contributed by atoms with Crippen LogP contribution in [0.4, 0.5) is 0 Å². The summed E-state index contributed by atoms with van der Waals surface area (Å²) in [5.41, 5.74) is 0. The van der Waals surface area contributed by atoms with Crippen molar-refractivity contribution >= 4 is 28.1 Å². The van der Waals surface area contributed by atoms with Gasteiger partial charge < -0.3 is 0 Å². The second-order valence-electron chi connectivity index (χ2n) is 3.27. The van der Waals surface area contributed by atoms with E-state index in [9.17, 15) is 13.0 Å². The summed E-state index contributed by atoms with van der Waals surface area (Å²) >= 11 is 1.17. The highest BCUT2D eigenvalue weighted by Gasteiger charge is 2.34. The van der Waals surface area contributed by atoms with Crippen LogP contribution in [0.2, 0.25) is 0 Å². The second kappa shape index (κ2) is 5.68. The molecule has 0 bridgehead atoms. The van der Waals surface area contributed by atoms with E-state index in [1.54, 1.807) is 0 Å². The average molecular weight is 274 g/mol. The molecular formula is C7H19N2O3PS2. The molecule has 5 nitrogen and oxygen atoms in total. The Morgan fingerprint density at radius 1 is 1.53 bits per heavy atom. The molecule has 0 aliphatic heterocycles. The van der Waals surface area contributed by atoms with E-state index in [-0.39, 0.29) is 5.25 Å². The molecule has 0 fully saturated rings. The molecule has 0 aliphatic carbocycles. The molecule has 0 spiro atoms. The van der Waals surface area contributed by atoms with Gasteiger partial charge >= 0.3 is 0 Å². The molecule has 15 heavy (non-hydrogen) atoms. The van der Waals surface area contributed by atoms with Crippen molar-refractivity contribution in [2.24, 2.45) is 0 Å². The van der Waals surface area contributed by atoms with Crippen LogP contribution in [0, 0.1) is 0 Å². The van der Waals surface area contributed by atoms with Gasteiger partial charge in [-0.1, -0.05) is 25.2 Å². The molecule has 0 rings (SSSR count). The molecule has 0 aromatic rings. The monoisotopic (exact) mass is 274 g/mol. The minimum Gasteiger partial charge on any atom is -0.276 e. The van der Waals surface area contributed by atoms with Gasteiger partial charge in [0, 0.05) is 12.3 Å². The van der Waals surface area contributed by atoms with Crippen LogP contribution >= 0.6 is 18.0 Å². The van der Waals surface area contributed by atoms with Crippen molar-refractivity contribution in [1.29, 1.82) is 0 Å². The third kappa shape index (κ3) is 4.44. The van der Waals surface area contributed by atoms with Gasteiger partial charge in [-0.05, 0) is 13.5 Å². The molecular weight excluding hydrogens is 255 g/mol. The van der Waals surface area contributed by atoms with Crippen molar-refractivity contribution in [3.05, 3.63) is 0 Å². The Balaban J connectivity index is 4.95. The summed E-state index contributed by atoms with van der Waals surface area (Å²) in [6, 6.07) is 0. The van der Waals surface area contributed by atoms with E-state index in [1.165, 1.54) is 25.5 Å². The third-order valence-electron chi connectivity index (χ3n) is 2.03. The van der Waals surface area contributed by atoms with E-state index >= 15 is 0 Å². The van der Waals surface area contributed by atoms with Gasteiger partial charge in [-0.2, -0.15) is 0 Å². The van der Waals surface area contributed by atoms with Crippen LogP contribution in [0.3, 0.4) is 0 Å². The fourth-order valence-corrected chi connectivity index (χ4v) is 7.80. The van der Waals surface area contributed by atoms with Gasteiger partial charge in [-0.15, -0.1) is 4.08 Å². The Morgan fingerprint density at radius 2 is 2.00 bits per heavy atom. The quantitative estimate of drug-likeness (QED) is 0.747. The summed E-state index contributed by atoms with van der Waals surface area (Å²) in [6.45, 7) is 0.818. The van der Waals surface area contributed by atoms with Crippen molar-refractivity contribution in [1.82, 2.24) is 9.16 Å². The Hall–Kier alpha value is 0.450. The standard InChI is InChI=1S/C7H19N2O3PS2/c1-6-7(2)14-13(10,8-3)9(4)15(5,11)12/h7H,6H2,1-5H3,(H,8,10). The van der Waals surface area contributed by atoms with E-state index in [2.05, 4.69) is 5.09 Å². The molecule has 8 heteroatoms. The van der Waals surface area contributed by atoms with Crippen LogP contribution in [0.25, 0.3) is 0 Å². The summed E-state index contributed by atoms with van der Waals surface area (Å²) in [7, 11) is -0.593. The van der Waals surface area contributed by atoms with Crippen molar-refractivity contribution < 1.29 is 13.0 Å². The predicted octanol–water partition coefficient (Wildman–Crippen LogP) is 1.74. The fraction of sp³-hybridized carbons (Fsp3) is 1.00. The van der Waals surface area contributed by atoms with Crippen molar-refractivity contribution in [2.75, 3.05) is 20.4 Å². The largest absolute Gasteiger partial charge is 0.281 e. The Labute approximate surface area is 96.3 Å². The summed E-state index contributed by atoms with van der Waals surface area (Å²) in [5, 5.41) is 2.76. The molecule has 0 amide bonds. The number of hydrogen-bond donors (Lipinski definition) is 1. The van der Waals surface area contributed by atoms with Gasteiger partial charge in [0.2, 0.25) is 10.0 Å². The highest BCUT2D eigenvalue weighted by Crippen LogP contribution is 2.59. The molecule has 92 valence electrons. The van der Waals surface area contributed by atoms with Crippen LogP contribution in [-0.4, -0.2) is 38.1 Å². The fourth-order valence-electron chi connectivity index (χ4n) is 0.774. The van der Waals surface area contributed by atoms with E-state index in [4.69, 9.17) is 0 Å². The first-order chi connectivity index (χ1) is 6.67. The zero-order valence-electron chi connectivity index (χ0n) is 9.72. The lowest BCUT2D eigenvalue weighted by Crippen LogP contribution is -2.27. The van der Waals surface area contributed by atoms with Crippen LogP contribution in [0.5, 0.6) is 0 Å². The van der Waals surface area contributed by atoms with Gasteiger partial charge in [0.1, 0.15) is 0 Å². The Bertz CT molecular complexity index is 344. The summed E-state index contributed by atoms with van der Waals surface area (Å²) in [6.07, 6.45) is 1.89. The van der Waals surface area contributed by atoms with E-state index in [0.717, 1.165) is 16.8 Å². The van der Waals surface area contributed by atoms with Crippen molar-refractivity contribution in [3.63, 3.8) is 0 Å². The topological polar surface area (TPSA) is 66.5 Å². The molecule has 0 aliphatic rings. The number of nitrogens with one attached hydrogen (secondary N) is 1. The maximum absolute atomic E-state index is 12.3. The molecule has 0 radical (unpaired) electrons. The first kappa shape index (κ1) is 15.4. The molecule has 1 N–H and O–H groups in total. The molecule has 0 aromatic carbocycles. The van der Waals surface area contributed by atoms with Crippen LogP contribution < -0.4 is 5.09 Å². The van der Waals surface area contributed by atoms with Crippen LogP contribution in [0.1, 0.15) is 20.3 Å². The van der Waals surface area contributed by atoms with Gasteiger partial charge in [0.15, 0.2) is 0 Å². The summed E-state index contributed by atoms with van der Waals surface area (Å²) < 4.78 is 35.8. The van der Waals surface area contributed by atoms with Crippen LogP contribution in [0.15, 0.2) is 0 Å². The molecule has 0 saturated carbocycles. The number of nitrogens with zero attached hydrogens (tertiary/aromatic N) is 1. The van der Waals surface area contributed by atoms with Crippen LogP contribution in [-0.2, 0) is 14.6 Å². The third-order valence-corrected chi connectivity index (χ3v) is 10.4. The second-order valence-corrected chi connectivity index (χ2v) is 10.8. The van der Waals surface area contributed by atoms with Gasteiger partial charge in [0.05, 0.1) is 6.26 Å². The lowest BCUT2D eigenvalue weighted by Gasteiger charge is -2.26. The normalized spacial score (nSPS) is 18.8. The van der Waals surface area contributed by atoms with Gasteiger partial charge in [-0.25, -0.2) is 13.5 Å². The summed E-state index contributed by atoms with van der Waals surface area (Å²) in [4.78, 5) is 0. The van der Waals surface area contributed by atoms with Crippen molar-refractivity contribution in [3.8, 4) is 0 Å². The van der Waals surface area contributed by atoms with Crippen molar-refractivity contribution in [2.45, 2.75) is 25.5 Å². The Morgan fingerprint density at radius 3 is 2.27 bits per heavy atom. The zero-order chi connectivity index (χ0) is 12.3. The lowest BCUT2D eigenvalue weighted by molar-refractivity contribution is 0.529. The lowest BCUT2D eigenvalue weighted by atomic mass is 10.4. The SMILES string of the molecule is CCC(C)SP(=O)(NC)N(C)S(C)(=O)=O. The first-order valence-electron chi connectivity index (χ1n) is 4.59. The smallest absolute Gasteiger partial charge is 0.276 e. The molecule has 0 aromatic heterocycles. The van der Waals surface area contributed by atoms with E-state index in [0.29, 0.717) is 0 Å². The molecule has 2 atom stereocenters. The number of rotatable bonds is 6. The average Bonchev–Trinajstić information content (AvgIpc) is 2.14. The Kier molecular flexibility index (Phi) is 5.85. The highest BCUT2D eigenvalue weighted by molar-refractivity contribution is 8.58. The maximum Gasteiger partial charge on any atom is 0.281 e. The van der Waals surface area contributed by atoms with Gasteiger partial charge in [0.25, 0.3) is 6.65 Å².